The Morgan fingerprint density at radius 3 is 2.75 bits per heavy atom. The lowest BCUT2D eigenvalue weighted by molar-refractivity contribution is 0.0738. The van der Waals surface area contributed by atoms with Gasteiger partial charge in [-0.05, 0) is 42.5 Å². The lowest BCUT2D eigenvalue weighted by Gasteiger charge is -2.21. The Bertz CT molecular complexity index is 481. The van der Waals surface area contributed by atoms with Crippen LogP contribution in [0, 0.1) is 23.6 Å². The van der Waals surface area contributed by atoms with Crippen LogP contribution in [0.2, 0.25) is 0 Å². The van der Waals surface area contributed by atoms with Gasteiger partial charge in [0.05, 0.1) is 6.61 Å². The van der Waals surface area contributed by atoms with E-state index in [1.165, 1.54) is 44.2 Å². The molecule has 2 rings (SSSR count). The smallest absolute Gasteiger partial charge is 0.124 e. The van der Waals surface area contributed by atoms with E-state index in [1.807, 2.05) is 6.07 Å². The van der Waals surface area contributed by atoms with Crippen molar-refractivity contribution in [2.24, 2.45) is 5.92 Å². The molecule has 2 nitrogen and oxygen atoms in total. The first-order chi connectivity index (χ1) is 9.78. The Morgan fingerprint density at radius 1 is 1.20 bits per heavy atom. The summed E-state index contributed by atoms with van der Waals surface area (Å²) in [6.07, 6.45) is 6.43. The maximum Gasteiger partial charge on any atom is 0.124 e. The van der Waals surface area contributed by atoms with Crippen molar-refractivity contribution < 1.29 is 14.2 Å². The van der Waals surface area contributed by atoms with Crippen LogP contribution in [0.1, 0.15) is 43.2 Å². The number of halogens is 1. The number of hydrogen-bond donors (Lipinski definition) is 1. The van der Waals surface area contributed by atoms with Crippen molar-refractivity contribution >= 4 is 0 Å². The second kappa shape index (κ2) is 8.04. The van der Waals surface area contributed by atoms with Gasteiger partial charge in [-0.2, -0.15) is 0 Å². The van der Waals surface area contributed by atoms with E-state index in [1.54, 1.807) is 0 Å². The summed E-state index contributed by atoms with van der Waals surface area (Å²) < 4.78 is 19.2. The molecule has 1 aliphatic carbocycles. The van der Waals surface area contributed by atoms with Crippen LogP contribution in [0.5, 0.6) is 0 Å². The second-order valence-electron chi connectivity index (χ2n) is 5.33. The first-order valence-electron chi connectivity index (χ1n) is 7.25. The monoisotopic (exact) mass is 276 g/mol. The molecule has 1 aromatic carbocycles. The Kier molecular flexibility index (Phi) is 6.04. The summed E-state index contributed by atoms with van der Waals surface area (Å²) in [7, 11) is 0. The second-order valence-corrected chi connectivity index (χ2v) is 5.33. The molecule has 0 amide bonds. The highest BCUT2D eigenvalue weighted by Crippen LogP contribution is 2.24. The molecule has 1 aliphatic rings. The number of aliphatic hydroxyl groups excluding tert-OH is 1. The fourth-order valence-corrected chi connectivity index (χ4v) is 2.64. The minimum absolute atomic E-state index is 0.218. The van der Waals surface area contributed by atoms with Crippen molar-refractivity contribution in [2.75, 3.05) is 13.2 Å². The standard InChI is InChI=1S/C17H21FO2/c18-17-10-15(7-4-8-19)9-16(11-17)13-20-12-14-5-2-1-3-6-14/h9-11,14,19H,1-3,5-6,8,12-13H2. The highest BCUT2D eigenvalue weighted by atomic mass is 19.1. The summed E-state index contributed by atoms with van der Waals surface area (Å²) in [6, 6.07) is 4.66. The molecule has 20 heavy (non-hydrogen) atoms. The fourth-order valence-electron chi connectivity index (χ4n) is 2.64. The van der Waals surface area contributed by atoms with E-state index in [4.69, 9.17) is 9.84 Å². The van der Waals surface area contributed by atoms with Gasteiger partial charge in [-0.1, -0.05) is 31.1 Å². The molecule has 0 radical (unpaired) electrons. The van der Waals surface area contributed by atoms with E-state index >= 15 is 0 Å². The molecule has 0 aromatic heterocycles. The molecule has 1 aromatic rings. The molecule has 108 valence electrons. The summed E-state index contributed by atoms with van der Waals surface area (Å²) in [5, 5.41) is 8.66. The van der Waals surface area contributed by atoms with Crippen LogP contribution in [0.4, 0.5) is 4.39 Å². The first-order valence-corrected chi connectivity index (χ1v) is 7.25. The summed E-state index contributed by atoms with van der Waals surface area (Å²) in [6.45, 7) is 0.959. The maximum absolute atomic E-state index is 13.5. The predicted octanol–water partition coefficient (Wildman–Crippen LogP) is 3.27. The lowest BCUT2D eigenvalue weighted by atomic mass is 9.90. The van der Waals surface area contributed by atoms with Gasteiger partial charge < -0.3 is 9.84 Å². The molecular formula is C17H21FO2. The van der Waals surface area contributed by atoms with Crippen molar-refractivity contribution in [1.29, 1.82) is 0 Å². The minimum atomic E-state index is -0.314. The average Bonchev–Trinajstić information content (AvgIpc) is 2.46. The first kappa shape index (κ1) is 15.0. The molecule has 0 unspecified atom stereocenters. The number of benzene rings is 1. The summed E-state index contributed by atoms with van der Waals surface area (Å²) in [5.74, 6) is 5.59. The van der Waals surface area contributed by atoms with Crippen LogP contribution < -0.4 is 0 Å². The van der Waals surface area contributed by atoms with Gasteiger partial charge in [0, 0.05) is 12.2 Å². The van der Waals surface area contributed by atoms with Crippen molar-refractivity contribution in [3.63, 3.8) is 0 Å². The summed E-state index contributed by atoms with van der Waals surface area (Å²) in [4.78, 5) is 0. The van der Waals surface area contributed by atoms with Crippen LogP contribution in [-0.4, -0.2) is 18.3 Å². The number of hydrogen-bond acceptors (Lipinski definition) is 2. The molecule has 1 fully saturated rings. The van der Waals surface area contributed by atoms with Gasteiger partial charge >= 0.3 is 0 Å². The van der Waals surface area contributed by atoms with Crippen molar-refractivity contribution in [3.8, 4) is 11.8 Å². The third-order valence-corrected chi connectivity index (χ3v) is 3.62. The van der Waals surface area contributed by atoms with E-state index < -0.39 is 0 Å². The van der Waals surface area contributed by atoms with Gasteiger partial charge in [0.1, 0.15) is 12.4 Å². The number of aliphatic hydroxyl groups is 1. The van der Waals surface area contributed by atoms with E-state index in [-0.39, 0.29) is 12.4 Å². The van der Waals surface area contributed by atoms with Crippen LogP contribution in [-0.2, 0) is 11.3 Å². The zero-order valence-electron chi connectivity index (χ0n) is 11.7. The molecular weight excluding hydrogens is 255 g/mol. The van der Waals surface area contributed by atoms with E-state index in [9.17, 15) is 4.39 Å². The van der Waals surface area contributed by atoms with Gasteiger partial charge in [0.15, 0.2) is 0 Å². The van der Waals surface area contributed by atoms with Gasteiger partial charge in [-0.3, -0.25) is 0 Å². The quantitative estimate of drug-likeness (QED) is 0.855. The molecule has 0 spiro atoms. The van der Waals surface area contributed by atoms with Gasteiger partial charge in [-0.25, -0.2) is 4.39 Å². The Hall–Kier alpha value is -1.37. The normalized spacial score (nSPS) is 15.7. The Balaban J connectivity index is 1.86. The van der Waals surface area contributed by atoms with Gasteiger partial charge in [-0.15, -0.1) is 0 Å². The van der Waals surface area contributed by atoms with Gasteiger partial charge in [0.25, 0.3) is 0 Å². The highest BCUT2D eigenvalue weighted by molar-refractivity contribution is 5.37. The Labute approximate surface area is 120 Å². The predicted molar refractivity (Wildman–Crippen MR) is 76.6 cm³/mol. The molecule has 3 heteroatoms. The van der Waals surface area contributed by atoms with Crippen LogP contribution in [0.3, 0.4) is 0 Å². The topological polar surface area (TPSA) is 29.5 Å². The third kappa shape index (κ3) is 4.96. The van der Waals surface area contributed by atoms with Crippen LogP contribution >= 0.6 is 0 Å². The minimum Gasteiger partial charge on any atom is -0.384 e. The highest BCUT2D eigenvalue weighted by Gasteiger charge is 2.13. The van der Waals surface area contributed by atoms with Crippen LogP contribution in [0.25, 0.3) is 0 Å². The SMILES string of the molecule is OCC#Cc1cc(F)cc(COCC2CCCCC2)c1. The molecule has 0 heterocycles. The zero-order chi connectivity index (χ0) is 14.2. The molecule has 1 N–H and O–H groups in total. The summed E-state index contributed by atoms with van der Waals surface area (Å²) in [5.41, 5.74) is 1.37. The van der Waals surface area contributed by atoms with E-state index in [0.717, 1.165) is 12.2 Å². The van der Waals surface area contributed by atoms with Crippen LogP contribution in [0.15, 0.2) is 18.2 Å². The molecule has 0 aliphatic heterocycles. The molecule has 0 saturated heterocycles. The van der Waals surface area contributed by atoms with Crippen molar-refractivity contribution in [2.45, 2.75) is 38.7 Å². The maximum atomic E-state index is 13.5. The van der Waals surface area contributed by atoms with E-state index in [2.05, 4.69) is 11.8 Å². The number of ether oxygens (including phenoxy) is 1. The van der Waals surface area contributed by atoms with Crippen molar-refractivity contribution in [1.82, 2.24) is 0 Å². The Morgan fingerprint density at radius 2 is 2.00 bits per heavy atom. The zero-order valence-corrected chi connectivity index (χ0v) is 11.7. The summed E-state index contributed by atoms with van der Waals surface area (Å²) >= 11 is 0. The van der Waals surface area contributed by atoms with Crippen molar-refractivity contribution in [3.05, 3.63) is 35.1 Å². The lowest BCUT2D eigenvalue weighted by Crippen LogP contribution is -2.13. The van der Waals surface area contributed by atoms with E-state index in [0.29, 0.717) is 18.1 Å². The molecule has 0 bridgehead atoms. The van der Waals surface area contributed by atoms with Gasteiger partial charge in [0.2, 0.25) is 0 Å². The average molecular weight is 276 g/mol. The molecule has 0 atom stereocenters. The largest absolute Gasteiger partial charge is 0.384 e. The fraction of sp³-hybridized carbons (Fsp3) is 0.529. The third-order valence-electron chi connectivity index (χ3n) is 3.62. The number of rotatable bonds is 4. The molecule has 1 saturated carbocycles.